The van der Waals surface area contributed by atoms with Crippen LogP contribution in [-0.2, 0) is 0 Å². The Bertz CT molecular complexity index is 396. The van der Waals surface area contributed by atoms with Gasteiger partial charge in [0.05, 0.1) is 0 Å². The number of likely N-dealkylation sites (N-methyl/N-ethyl adjacent to an activating group) is 1. The lowest BCUT2D eigenvalue weighted by atomic mass is 10.1. The zero-order valence-corrected chi connectivity index (χ0v) is 11.3. The molecule has 94 valence electrons. The summed E-state index contributed by atoms with van der Waals surface area (Å²) in [5.41, 5.74) is 3.81. The van der Waals surface area contributed by atoms with Crippen molar-refractivity contribution in [2.24, 2.45) is 5.92 Å². The molecule has 1 saturated carbocycles. The lowest BCUT2D eigenvalue weighted by Gasteiger charge is -2.19. The molecule has 0 aliphatic heterocycles. The van der Waals surface area contributed by atoms with Crippen molar-refractivity contribution in [3.63, 3.8) is 0 Å². The fourth-order valence-corrected chi connectivity index (χ4v) is 2.27. The van der Waals surface area contributed by atoms with E-state index in [-0.39, 0.29) is 0 Å². The van der Waals surface area contributed by atoms with Gasteiger partial charge in [-0.05, 0) is 63.3 Å². The Labute approximate surface area is 104 Å². The maximum atomic E-state index is 6.04. The molecule has 0 amide bonds. The van der Waals surface area contributed by atoms with Crippen molar-refractivity contribution in [2.45, 2.75) is 39.7 Å². The predicted molar refractivity (Wildman–Crippen MR) is 71.7 cm³/mol. The van der Waals surface area contributed by atoms with Crippen molar-refractivity contribution >= 4 is 0 Å². The van der Waals surface area contributed by atoms with Gasteiger partial charge in [-0.25, -0.2) is 0 Å². The average Bonchev–Trinajstić information content (AvgIpc) is 3.13. The van der Waals surface area contributed by atoms with E-state index in [1.807, 2.05) is 7.05 Å². The number of aryl methyl sites for hydroxylation is 2. The van der Waals surface area contributed by atoms with Crippen molar-refractivity contribution in [1.29, 1.82) is 0 Å². The van der Waals surface area contributed by atoms with Crippen LogP contribution in [0, 0.1) is 26.7 Å². The lowest BCUT2D eigenvalue weighted by Crippen LogP contribution is -2.33. The summed E-state index contributed by atoms with van der Waals surface area (Å²) in [5.74, 6) is 1.90. The van der Waals surface area contributed by atoms with Gasteiger partial charge in [-0.3, -0.25) is 0 Å². The Hall–Kier alpha value is -1.02. The van der Waals surface area contributed by atoms with E-state index in [2.05, 4.69) is 38.2 Å². The van der Waals surface area contributed by atoms with Crippen LogP contribution < -0.4 is 10.1 Å². The lowest BCUT2D eigenvalue weighted by molar-refractivity contribution is 0.253. The standard InChI is InChI=1S/C15H23NO/c1-10-5-6-11(2)15(12(10)3)17-9-14(16-4)13-7-8-13/h5-6,13-14,16H,7-9H2,1-4H3. The van der Waals surface area contributed by atoms with Gasteiger partial charge in [0, 0.05) is 6.04 Å². The van der Waals surface area contributed by atoms with E-state index < -0.39 is 0 Å². The third kappa shape index (κ3) is 2.81. The van der Waals surface area contributed by atoms with Crippen LogP contribution in [0.5, 0.6) is 5.75 Å². The second kappa shape index (κ2) is 5.09. The van der Waals surface area contributed by atoms with E-state index in [0.29, 0.717) is 6.04 Å². The number of hydrogen-bond acceptors (Lipinski definition) is 2. The molecule has 2 rings (SSSR count). The molecule has 0 heterocycles. The third-order valence-electron chi connectivity index (χ3n) is 3.84. The molecule has 0 radical (unpaired) electrons. The molecule has 1 aromatic rings. The zero-order chi connectivity index (χ0) is 12.4. The number of benzene rings is 1. The Morgan fingerprint density at radius 1 is 1.24 bits per heavy atom. The van der Waals surface area contributed by atoms with Gasteiger partial charge in [-0.2, -0.15) is 0 Å². The number of rotatable bonds is 5. The van der Waals surface area contributed by atoms with E-state index in [1.54, 1.807) is 0 Å². The summed E-state index contributed by atoms with van der Waals surface area (Å²) in [5, 5.41) is 3.36. The summed E-state index contributed by atoms with van der Waals surface area (Å²) in [4.78, 5) is 0. The molecule has 17 heavy (non-hydrogen) atoms. The molecule has 1 aliphatic rings. The molecule has 0 saturated heterocycles. The molecule has 0 spiro atoms. The van der Waals surface area contributed by atoms with Crippen molar-refractivity contribution in [1.82, 2.24) is 5.32 Å². The minimum Gasteiger partial charge on any atom is -0.491 e. The second-order valence-corrected chi connectivity index (χ2v) is 5.20. The molecule has 0 aromatic heterocycles. The van der Waals surface area contributed by atoms with Crippen LogP contribution >= 0.6 is 0 Å². The molecular weight excluding hydrogens is 210 g/mol. The Morgan fingerprint density at radius 3 is 2.47 bits per heavy atom. The van der Waals surface area contributed by atoms with E-state index in [0.717, 1.165) is 18.3 Å². The molecule has 1 aliphatic carbocycles. The van der Waals surface area contributed by atoms with Gasteiger partial charge in [0.1, 0.15) is 12.4 Å². The first-order valence-electron chi connectivity index (χ1n) is 6.50. The second-order valence-electron chi connectivity index (χ2n) is 5.20. The molecule has 2 nitrogen and oxygen atoms in total. The highest BCUT2D eigenvalue weighted by molar-refractivity contribution is 5.44. The number of hydrogen-bond donors (Lipinski definition) is 1. The molecular formula is C15H23NO. The molecule has 1 atom stereocenters. The SMILES string of the molecule is CNC(COc1c(C)ccc(C)c1C)C1CC1. The molecule has 2 heteroatoms. The van der Waals surface area contributed by atoms with E-state index in [9.17, 15) is 0 Å². The molecule has 1 fully saturated rings. The van der Waals surface area contributed by atoms with Crippen LogP contribution in [-0.4, -0.2) is 19.7 Å². The van der Waals surface area contributed by atoms with Crippen LogP contribution in [0.25, 0.3) is 0 Å². The summed E-state index contributed by atoms with van der Waals surface area (Å²) in [6, 6.07) is 4.81. The molecule has 0 bridgehead atoms. The zero-order valence-electron chi connectivity index (χ0n) is 11.3. The smallest absolute Gasteiger partial charge is 0.125 e. The topological polar surface area (TPSA) is 21.3 Å². The van der Waals surface area contributed by atoms with Crippen molar-refractivity contribution in [2.75, 3.05) is 13.7 Å². The third-order valence-corrected chi connectivity index (χ3v) is 3.84. The molecule has 1 unspecified atom stereocenters. The van der Waals surface area contributed by atoms with Crippen molar-refractivity contribution in [3.8, 4) is 5.75 Å². The van der Waals surface area contributed by atoms with Gasteiger partial charge in [-0.15, -0.1) is 0 Å². The predicted octanol–water partition coefficient (Wildman–Crippen LogP) is 2.99. The van der Waals surface area contributed by atoms with Crippen LogP contribution in [0.2, 0.25) is 0 Å². The van der Waals surface area contributed by atoms with Crippen molar-refractivity contribution < 1.29 is 4.74 Å². The minimum absolute atomic E-state index is 0.509. The summed E-state index contributed by atoms with van der Waals surface area (Å²) in [6.45, 7) is 7.18. The van der Waals surface area contributed by atoms with E-state index in [1.165, 1.54) is 29.5 Å². The quantitative estimate of drug-likeness (QED) is 0.844. The molecule has 1 N–H and O–H groups in total. The summed E-state index contributed by atoms with van der Waals surface area (Å²) < 4.78 is 6.04. The summed E-state index contributed by atoms with van der Waals surface area (Å²) >= 11 is 0. The Morgan fingerprint density at radius 2 is 1.88 bits per heavy atom. The normalized spacial score (nSPS) is 16.9. The van der Waals surface area contributed by atoms with Crippen LogP contribution in [0.3, 0.4) is 0 Å². The maximum Gasteiger partial charge on any atom is 0.125 e. The maximum absolute atomic E-state index is 6.04. The van der Waals surface area contributed by atoms with Gasteiger partial charge in [0.25, 0.3) is 0 Å². The van der Waals surface area contributed by atoms with Gasteiger partial charge >= 0.3 is 0 Å². The average molecular weight is 233 g/mol. The number of nitrogens with one attached hydrogen (secondary N) is 1. The minimum atomic E-state index is 0.509. The molecule has 1 aromatic carbocycles. The largest absolute Gasteiger partial charge is 0.491 e. The van der Waals surface area contributed by atoms with Crippen LogP contribution in [0.4, 0.5) is 0 Å². The highest BCUT2D eigenvalue weighted by atomic mass is 16.5. The number of ether oxygens (including phenoxy) is 1. The van der Waals surface area contributed by atoms with Crippen LogP contribution in [0.1, 0.15) is 29.5 Å². The highest BCUT2D eigenvalue weighted by Crippen LogP contribution is 2.33. The monoisotopic (exact) mass is 233 g/mol. The fraction of sp³-hybridized carbons (Fsp3) is 0.600. The highest BCUT2D eigenvalue weighted by Gasteiger charge is 2.30. The first-order valence-corrected chi connectivity index (χ1v) is 6.50. The first kappa shape index (κ1) is 12.4. The van der Waals surface area contributed by atoms with Gasteiger partial charge in [0.15, 0.2) is 0 Å². The van der Waals surface area contributed by atoms with E-state index in [4.69, 9.17) is 4.74 Å². The van der Waals surface area contributed by atoms with Crippen molar-refractivity contribution in [3.05, 3.63) is 28.8 Å². The first-order chi connectivity index (χ1) is 8.13. The van der Waals surface area contributed by atoms with Gasteiger partial charge in [0.2, 0.25) is 0 Å². The van der Waals surface area contributed by atoms with Gasteiger partial charge < -0.3 is 10.1 Å². The fourth-order valence-electron chi connectivity index (χ4n) is 2.27. The Balaban J connectivity index is 2.05. The van der Waals surface area contributed by atoms with E-state index >= 15 is 0 Å². The van der Waals surface area contributed by atoms with Gasteiger partial charge in [-0.1, -0.05) is 12.1 Å². The van der Waals surface area contributed by atoms with Crippen LogP contribution in [0.15, 0.2) is 12.1 Å². The Kier molecular flexibility index (Phi) is 3.72. The summed E-state index contributed by atoms with van der Waals surface area (Å²) in [6.07, 6.45) is 2.70. The summed E-state index contributed by atoms with van der Waals surface area (Å²) in [7, 11) is 2.03.